The molecule has 3 aromatic rings. The van der Waals surface area contributed by atoms with Crippen LogP contribution in [0.2, 0.25) is 0 Å². The number of aryl methyl sites for hydroxylation is 1. The minimum atomic E-state index is -0.727. The van der Waals surface area contributed by atoms with Crippen molar-refractivity contribution in [3.8, 4) is 22.8 Å². The van der Waals surface area contributed by atoms with E-state index in [1.54, 1.807) is 24.3 Å². The highest BCUT2D eigenvalue weighted by Crippen LogP contribution is 2.31. The van der Waals surface area contributed by atoms with Crippen LogP contribution in [0.25, 0.3) is 11.3 Å². The lowest BCUT2D eigenvalue weighted by atomic mass is 10.1. The molecule has 31 heavy (non-hydrogen) atoms. The number of halogens is 2. The molecule has 0 saturated carbocycles. The van der Waals surface area contributed by atoms with E-state index >= 15 is 0 Å². The Kier molecular flexibility index (Phi) is 6.96. The second kappa shape index (κ2) is 9.84. The summed E-state index contributed by atoms with van der Waals surface area (Å²) in [6.45, 7) is 0.180. The van der Waals surface area contributed by atoms with Gasteiger partial charge in [-0.05, 0) is 42.8 Å². The molecule has 0 radical (unpaired) electrons. The molecule has 1 amide bonds. The van der Waals surface area contributed by atoms with Crippen LogP contribution >= 0.6 is 0 Å². The first-order chi connectivity index (χ1) is 14.9. The van der Waals surface area contributed by atoms with Gasteiger partial charge < -0.3 is 14.8 Å². The molecule has 0 aliphatic carbocycles. The maximum Gasteiger partial charge on any atom is 0.266 e. The van der Waals surface area contributed by atoms with Crippen molar-refractivity contribution in [2.75, 3.05) is 19.5 Å². The summed E-state index contributed by atoms with van der Waals surface area (Å²) in [7, 11) is 3.06. The van der Waals surface area contributed by atoms with Gasteiger partial charge >= 0.3 is 0 Å². The van der Waals surface area contributed by atoms with Gasteiger partial charge in [0, 0.05) is 30.7 Å². The summed E-state index contributed by atoms with van der Waals surface area (Å²) < 4.78 is 38.6. The van der Waals surface area contributed by atoms with Crippen LogP contribution in [-0.4, -0.2) is 29.9 Å². The molecule has 0 unspecified atom stereocenters. The van der Waals surface area contributed by atoms with Gasteiger partial charge in [0.1, 0.15) is 11.6 Å². The number of hydrogen-bond donors (Lipinski definition) is 1. The van der Waals surface area contributed by atoms with E-state index in [0.29, 0.717) is 17.2 Å². The zero-order valence-electron chi connectivity index (χ0n) is 17.0. The number of carbonyl (C=O) groups is 1. The number of carbonyl (C=O) groups excluding carboxylic acids is 1. The number of rotatable bonds is 8. The minimum Gasteiger partial charge on any atom is -0.493 e. The molecule has 0 spiro atoms. The van der Waals surface area contributed by atoms with Crippen LogP contribution in [0.1, 0.15) is 12.8 Å². The fourth-order valence-electron chi connectivity index (χ4n) is 2.95. The Morgan fingerprint density at radius 1 is 1.03 bits per heavy atom. The maximum absolute atomic E-state index is 13.6. The van der Waals surface area contributed by atoms with Gasteiger partial charge in [0.15, 0.2) is 11.5 Å². The van der Waals surface area contributed by atoms with Gasteiger partial charge in [0.2, 0.25) is 5.91 Å². The summed E-state index contributed by atoms with van der Waals surface area (Å²) in [5.41, 5.74) is 0.731. The van der Waals surface area contributed by atoms with Gasteiger partial charge in [-0.1, -0.05) is 0 Å². The number of hydrogen-bond acceptors (Lipinski definition) is 5. The van der Waals surface area contributed by atoms with Crippen molar-refractivity contribution >= 4 is 11.6 Å². The van der Waals surface area contributed by atoms with E-state index in [1.165, 1.54) is 25.0 Å². The van der Waals surface area contributed by atoms with Gasteiger partial charge in [-0.15, -0.1) is 0 Å². The molecule has 3 rings (SSSR count). The van der Waals surface area contributed by atoms with Crippen molar-refractivity contribution < 1.29 is 23.0 Å². The standard InChI is InChI=1S/C22H21F2N3O4/c1-30-19-9-5-14(12-20(19)31-2)17-8-10-22(29)27(26-17)11-3-4-21(28)25-18-13-15(23)6-7-16(18)24/h5-10,12-13H,3-4,11H2,1-2H3,(H,25,28). The molecule has 0 bridgehead atoms. The fraction of sp³-hybridized carbons (Fsp3) is 0.227. The average Bonchev–Trinajstić information content (AvgIpc) is 2.77. The lowest BCUT2D eigenvalue weighted by molar-refractivity contribution is -0.116. The predicted octanol–water partition coefficient (Wildman–Crippen LogP) is 3.62. The van der Waals surface area contributed by atoms with E-state index in [9.17, 15) is 18.4 Å². The van der Waals surface area contributed by atoms with Crippen molar-refractivity contribution in [1.29, 1.82) is 0 Å². The molecule has 0 aliphatic heterocycles. The molecule has 1 aromatic heterocycles. The van der Waals surface area contributed by atoms with Gasteiger partial charge in [0.05, 0.1) is 25.6 Å². The molecule has 162 valence electrons. The molecule has 7 nitrogen and oxygen atoms in total. The highest BCUT2D eigenvalue weighted by atomic mass is 19.1. The van der Waals surface area contributed by atoms with Crippen molar-refractivity contribution in [3.05, 3.63) is 70.5 Å². The number of nitrogens with zero attached hydrogens (tertiary/aromatic N) is 2. The Hall–Kier alpha value is -3.75. The summed E-state index contributed by atoms with van der Waals surface area (Å²) in [6, 6.07) is 11.1. The summed E-state index contributed by atoms with van der Waals surface area (Å²) in [5.74, 6) is -0.774. The second-order valence-corrected chi connectivity index (χ2v) is 6.63. The molecule has 1 heterocycles. The van der Waals surface area contributed by atoms with Crippen LogP contribution < -0.4 is 20.3 Å². The van der Waals surface area contributed by atoms with E-state index in [1.807, 2.05) is 0 Å². The van der Waals surface area contributed by atoms with Gasteiger partial charge in [0.25, 0.3) is 5.56 Å². The van der Waals surface area contributed by atoms with Crippen LogP contribution in [-0.2, 0) is 11.3 Å². The van der Waals surface area contributed by atoms with Crippen LogP contribution in [0.4, 0.5) is 14.5 Å². The highest BCUT2D eigenvalue weighted by molar-refractivity contribution is 5.90. The zero-order chi connectivity index (χ0) is 22.4. The van der Waals surface area contributed by atoms with E-state index in [4.69, 9.17) is 9.47 Å². The smallest absolute Gasteiger partial charge is 0.266 e. The van der Waals surface area contributed by atoms with Gasteiger partial charge in [-0.25, -0.2) is 13.5 Å². The Morgan fingerprint density at radius 3 is 2.55 bits per heavy atom. The first kappa shape index (κ1) is 21.9. The van der Waals surface area contributed by atoms with Crippen LogP contribution in [0.5, 0.6) is 11.5 Å². The lowest BCUT2D eigenvalue weighted by Crippen LogP contribution is -2.23. The summed E-state index contributed by atoms with van der Waals surface area (Å²) in [5, 5.41) is 6.67. The predicted molar refractivity (Wildman–Crippen MR) is 111 cm³/mol. The number of anilines is 1. The van der Waals surface area contributed by atoms with Crippen molar-refractivity contribution in [3.63, 3.8) is 0 Å². The molecular weight excluding hydrogens is 408 g/mol. The van der Waals surface area contributed by atoms with Crippen molar-refractivity contribution in [2.24, 2.45) is 0 Å². The van der Waals surface area contributed by atoms with E-state index in [2.05, 4.69) is 10.4 Å². The topological polar surface area (TPSA) is 82.5 Å². The maximum atomic E-state index is 13.6. The highest BCUT2D eigenvalue weighted by Gasteiger charge is 2.11. The van der Waals surface area contributed by atoms with Crippen molar-refractivity contribution in [1.82, 2.24) is 9.78 Å². The van der Waals surface area contributed by atoms with Crippen LogP contribution in [0.15, 0.2) is 53.3 Å². The van der Waals surface area contributed by atoms with Crippen LogP contribution in [0, 0.1) is 11.6 Å². The quantitative estimate of drug-likeness (QED) is 0.591. The van der Waals surface area contributed by atoms with Gasteiger partial charge in [-0.3, -0.25) is 9.59 Å². The Balaban J connectivity index is 1.67. The largest absolute Gasteiger partial charge is 0.493 e. The lowest BCUT2D eigenvalue weighted by Gasteiger charge is -2.11. The van der Waals surface area contributed by atoms with Gasteiger partial charge in [-0.2, -0.15) is 5.10 Å². The molecule has 9 heteroatoms. The number of ether oxygens (including phenoxy) is 2. The number of nitrogens with one attached hydrogen (secondary N) is 1. The monoisotopic (exact) mass is 429 g/mol. The SMILES string of the molecule is COc1ccc(-c2ccc(=O)n(CCCC(=O)Nc3cc(F)ccc3F)n2)cc1OC. The first-order valence-electron chi connectivity index (χ1n) is 9.46. The third-order valence-corrected chi connectivity index (χ3v) is 4.52. The number of amides is 1. The van der Waals surface area contributed by atoms with Crippen molar-refractivity contribution in [2.45, 2.75) is 19.4 Å². The average molecular weight is 429 g/mol. The molecule has 1 N–H and O–H groups in total. The first-order valence-corrected chi connectivity index (χ1v) is 9.46. The third-order valence-electron chi connectivity index (χ3n) is 4.52. The van der Waals surface area contributed by atoms with E-state index in [0.717, 1.165) is 23.8 Å². The molecular formula is C22H21F2N3O4. The minimum absolute atomic E-state index is 0.00462. The van der Waals surface area contributed by atoms with E-state index < -0.39 is 17.5 Å². The molecule has 2 aromatic carbocycles. The molecule has 0 saturated heterocycles. The fourth-order valence-corrected chi connectivity index (χ4v) is 2.95. The molecule has 0 atom stereocenters. The summed E-state index contributed by atoms with van der Waals surface area (Å²) >= 11 is 0. The number of benzene rings is 2. The summed E-state index contributed by atoms with van der Waals surface area (Å²) in [6.07, 6.45) is 0.287. The summed E-state index contributed by atoms with van der Waals surface area (Å²) in [4.78, 5) is 24.2. The Morgan fingerprint density at radius 2 is 1.81 bits per heavy atom. The normalized spacial score (nSPS) is 10.6. The Labute approximate surface area is 177 Å². The molecule has 0 aliphatic rings. The zero-order valence-corrected chi connectivity index (χ0v) is 17.0. The molecule has 0 fully saturated rings. The Bertz CT molecular complexity index is 1150. The number of methoxy groups -OCH3 is 2. The van der Waals surface area contributed by atoms with E-state index in [-0.39, 0.29) is 30.6 Å². The third kappa shape index (κ3) is 5.44. The second-order valence-electron chi connectivity index (χ2n) is 6.63. The van der Waals surface area contributed by atoms with Crippen LogP contribution in [0.3, 0.4) is 0 Å². The number of aromatic nitrogens is 2.